The van der Waals surface area contributed by atoms with E-state index in [1.165, 1.54) is 11.3 Å². The van der Waals surface area contributed by atoms with E-state index in [1.807, 2.05) is 53.9 Å². The Kier molecular flexibility index (Phi) is 4.80. The predicted molar refractivity (Wildman–Crippen MR) is 128 cm³/mol. The van der Waals surface area contributed by atoms with Crippen LogP contribution >= 0.6 is 11.3 Å². The van der Waals surface area contributed by atoms with Gasteiger partial charge in [0, 0.05) is 29.0 Å². The predicted octanol–water partition coefficient (Wildman–Crippen LogP) is 5.01. The number of fused-ring (bicyclic) bond motifs is 1. The van der Waals surface area contributed by atoms with Gasteiger partial charge < -0.3 is 5.32 Å². The number of thiazole rings is 1. The minimum atomic E-state index is -0.229. The number of amides is 2. The number of hydrogen-bond donors (Lipinski definition) is 2. The molecule has 2 aromatic carbocycles. The maximum atomic E-state index is 13.2. The standard InChI is InChI=1S/C25H21N5O2S/c31-23-11-9-16-12-17(8-10-19(16)26-23)21-14-33-25(27-21)28-24(32)22-13-20(15-6-7-15)29-30(22)18-4-2-1-3-5-18/h1-5,8,10,12-15H,6-7,9,11H2,(H,26,31)(H,27,28,32). The van der Waals surface area contributed by atoms with Crippen molar-refractivity contribution in [1.29, 1.82) is 0 Å². The third-order valence-corrected chi connectivity index (χ3v) is 6.74. The first-order valence-electron chi connectivity index (χ1n) is 11.0. The normalized spacial score (nSPS) is 15.1. The Bertz CT molecular complexity index is 1370. The summed E-state index contributed by atoms with van der Waals surface area (Å²) in [5.74, 6) is 0.266. The monoisotopic (exact) mass is 455 g/mol. The Morgan fingerprint density at radius 1 is 1.09 bits per heavy atom. The van der Waals surface area contributed by atoms with E-state index < -0.39 is 0 Å². The highest BCUT2D eigenvalue weighted by Crippen LogP contribution is 2.40. The van der Waals surface area contributed by atoms with Crippen molar-refractivity contribution in [3.8, 4) is 16.9 Å². The zero-order valence-corrected chi connectivity index (χ0v) is 18.6. The van der Waals surface area contributed by atoms with Gasteiger partial charge in [-0.3, -0.25) is 14.9 Å². The summed E-state index contributed by atoms with van der Waals surface area (Å²) in [4.78, 5) is 29.4. The first-order valence-corrected chi connectivity index (χ1v) is 11.9. The third kappa shape index (κ3) is 3.93. The number of aromatic nitrogens is 3. The van der Waals surface area contributed by atoms with Gasteiger partial charge in [0.05, 0.1) is 17.1 Å². The van der Waals surface area contributed by atoms with Gasteiger partial charge >= 0.3 is 0 Å². The second-order valence-electron chi connectivity index (χ2n) is 8.39. The summed E-state index contributed by atoms with van der Waals surface area (Å²) in [6, 6.07) is 17.5. The van der Waals surface area contributed by atoms with Gasteiger partial charge in [-0.1, -0.05) is 24.3 Å². The Balaban J connectivity index is 1.25. The van der Waals surface area contributed by atoms with Crippen LogP contribution in [0.2, 0.25) is 0 Å². The van der Waals surface area contributed by atoms with Gasteiger partial charge in [0.2, 0.25) is 5.91 Å². The van der Waals surface area contributed by atoms with E-state index in [9.17, 15) is 9.59 Å². The molecule has 1 aliphatic heterocycles. The molecule has 1 aliphatic carbocycles. The van der Waals surface area contributed by atoms with Crippen LogP contribution in [0.3, 0.4) is 0 Å². The summed E-state index contributed by atoms with van der Waals surface area (Å²) in [6.07, 6.45) is 3.45. The van der Waals surface area contributed by atoms with Gasteiger partial charge in [-0.2, -0.15) is 5.10 Å². The molecule has 6 rings (SSSR count). The molecule has 0 unspecified atom stereocenters. The first kappa shape index (κ1) is 19.9. The fourth-order valence-corrected chi connectivity index (χ4v) is 4.79. The van der Waals surface area contributed by atoms with Gasteiger partial charge in [0.25, 0.3) is 5.91 Å². The maximum Gasteiger partial charge on any atom is 0.276 e. The highest BCUT2D eigenvalue weighted by atomic mass is 32.1. The minimum absolute atomic E-state index is 0.0495. The summed E-state index contributed by atoms with van der Waals surface area (Å²) in [5, 5.41) is 13.0. The summed E-state index contributed by atoms with van der Waals surface area (Å²) < 4.78 is 1.72. The number of carbonyl (C=O) groups excluding carboxylic acids is 2. The fourth-order valence-electron chi connectivity index (χ4n) is 4.07. The molecule has 2 amide bonds. The molecule has 0 radical (unpaired) electrons. The van der Waals surface area contributed by atoms with Gasteiger partial charge in [-0.15, -0.1) is 11.3 Å². The molecular formula is C25H21N5O2S. The molecular weight excluding hydrogens is 434 g/mol. The second kappa shape index (κ2) is 7.97. The summed E-state index contributed by atoms with van der Waals surface area (Å²) in [7, 11) is 0. The molecule has 164 valence electrons. The Morgan fingerprint density at radius 2 is 1.94 bits per heavy atom. The third-order valence-electron chi connectivity index (χ3n) is 5.98. The molecule has 4 aromatic rings. The molecule has 2 aliphatic rings. The van der Waals surface area contributed by atoms with Crippen molar-refractivity contribution >= 4 is 34.0 Å². The van der Waals surface area contributed by atoms with Crippen molar-refractivity contribution in [2.45, 2.75) is 31.6 Å². The van der Waals surface area contributed by atoms with E-state index in [2.05, 4.69) is 21.7 Å². The van der Waals surface area contributed by atoms with Gasteiger partial charge in [-0.05, 0) is 55.2 Å². The van der Waals surface area contributed by atoms with E-state index in [1.54, 1.807) is 4.68 Å². The van der Waals surface area contributed by atoms with Crippen molar-refractivity contribution in [2.24, 2.45) is 0 Å². The van der Waals surface area contributed by atoms with Crippen molar-refractivity contribution in [3.05, 3.63) is 76.9 Å². The number of hydrogen-bond acceptors (Lipinski definition) is 5. The molecule has 3 heterocycles. The number of nitrogens with one attached hydrogen (secondary N) is 2. The van der Waals surface area contributed by atoms with E-state index in [-0.39, 0.29) is 11.8 Å². The Morgan fingerprint density at radius 3 is 2.76 bits per heavy atom. The van der Waals surface area contributed by atoms with Crippen LogP contribution in [0.5, 0.6) is 0 Å². The van der Waals surface area contributed by atoms with E-state index in [0.29, 0.717) is 23.2 Å². The van der Waals surface area contributed by atoms with Crippen LogP contribution in [0.15, 0.2) is 60.0 Å². The lowest BCUT2D eigenvalue weighted by molar-refractivity contribution is -0.116. The Labute approximate surface area is 194 Å². The van der Waals surface area contributed by atoms with Crippen molar-refractivity contribution < 1.29 is 9.59 Å². The van der Waals surface area contributed by atoms with Gasteiger partial charge in [0.15, 0.2) is 5.13 Å². The topological polar surface area (TPSA) is 88.9 Å². The second-order valence-corrected chi connectivity index (χ2v) is 9.25. The molecule has 1 fully saturated rings. The number of nitrogens with zero attached hydrogens (tertiary/aromatic N) is 3. The van der Waals surface area contributed by atoms with E-state index in [4.69, 9.17) is 5.10 Å². The molecule has 8 heteroatoms. The molecule has 1 saturated carbocycles. The zero-order valence-electron chi connectivity index (χ0n) is 17.7. The number of para-hydroxylation sites is 1. The highest BCUT2D eigenvalue weighted by Gasteiger charge is 2.29. The largest absolute Gasteiger partial charge is 0.326 e. The van der Waals surface area contributed by atoms with Crippen LogP contribution in [0.4, 0.5) is 10.8 Å². The SMILES string of the molecule is O=C1CCc2cc(-c3csc(NC(=O)c4cc(C5CC5)nn4-c4ccccc4)n3)ccc2N1. The number of benzene rings is 2. The summed E-state index contributed by atoms with van der Waals surface area (Å²) in [5.41, 5.74) is 6.05. The number of anilines is 2. The quantitative estimate of drug-likeness (QED) is 0.443. The fraction of sp³-hybridized carbons (Fsp3) is 0.200. The van der Waals surface area contributed by atoms with Crippen LogP contribution in [0.25, 0.3) is 16.9 Å². The summed E-state index contributed by atoms with van der Waals surface area (Å²) in [6.45, 7) is 0. The van der Waals surface area contributed by atoms with Crippen LogP contribution in [0.1, 0.15) is 46.9 Å². The smallest absolute Gasteiger partial charge is 0.276 e. The molecule has 0 bridgehead atoms. The first-order chi connectivity index (χ1) is 16.1. The molecule has 2 N–H and O–H groups in total. The average molecular weight is 456 g/mol. The summed E-state index contributed by atoms with van der Waals surface area (Å²) >= 11 is 1.39. The maximum absolute atomic E-state index is 13.2. The van der Waals surface area contributed by atoms with Crippen molar-refractivity contribution in [3.63, 3.8) is 0 Å². The van der Waals surface area contributed by atoms with Crippen LogP contribution in [-0.2, 0) is 11.2 Å². The molecule has 0 saturated heterocycles. The Hall–Kier alpha value is -3.78. The lowest BCUT2D eigenvalue weighted by atomic mass is 9.99. The average Bonchev–Trinajstić information content (AvgIpc) is 3.41. The number of carbonyl (C=O) groups is 2. The molecule has 0 atom stereocenters. The highest BCUT2D eigenvalue weighted by molar-refractivity contribution is 7.14. The van der Waals surface area contributed by atoms with Gasteiger partial charge in [0.1, 0.15) is 5.69 Å². The molecule has 0 spiro atoms. The lowest BCUT2D eigenvalue weighted by Gasteiger charge is -2.17. The number of aryl methyl sites for hydroxylation is 1. The van der Waals surface area contributed by atoms with Crippen LogP contribution in [-0.4, -0.2) is 26.6 Å². The molecule has 2 aromatic heterocycles. The van der Waals surface area contributed by atoms with E-state index >= 15 is 0 Å². The van der Waals surface area contributed by atoms with Crippen molar-refractivity contribution in [2.75, 3.05) is 10.6 Å². The van der Waals surface area contributed by atoms with Crippen LogP contribution in [0, 0.1) is 0 Å². The number of rotatable bonds is 5. The van der Waals surface area contributed by atoms with E-state index in [0.717, 1.165) is 53.2 Å². The van der Waals surface area contributed by atoms with Gasteiger partial charge in [-0.25, -0.2) is 9.67 Å². The lowest BCUT2D eigenvalue weighted by Crippen LogP contribution is -2.18. The zero-order chi connectivity index (χ0) is 22.4. The van der Waals surface area contributed by atoms with Crippen LogP contribution < -0.4 is 10.6 Å². The molecule has 7 nitrogen and oxygen atoms in total. The molecule has 33 heavy (non-hydrogen) atoms. The minimum Gasteiger partial charge on any atom is -0.326 e. The van der Waals surface area contributed by atoms with Crippen molar-refractivity contribution in [1.82, 2.24) is 14.8 Å².